The van der Waals surface area contributed by atoms with E-state index in [1.165, 1.54) is 0 Å². The SMILES string of the molecule is CCC(NCc1ccc(OC)cc1)C(=O)c1ccc(N)cc1. The van der Waals surface area contributed by atoms with Gasteiger partial charge in [-0.25, -0.2) is 0 Å². The number of hydrogen-bond donors (Lipinski definition) is 2. The number of carbonyl (C=O) groups excluding carboxylic acids is 1. The number of ether oxygens (including phenoxy) is 1. The fourth-order valence-corrected chi connectivity index (χ4v) is 2.26. The molecule has 22 heavy (non-hydrogen) atoms. The monoisotopic (exact) mass is 298 g/mol. The van der Waals surface area contributed by atoms with Crippen LogP contribution in [0.4, 0.5) is 5.69 Å². The van der Waals surface area contributed by atoms with Crippen molar-refractivity contribution in [3.05, 3.63) is 59.7 Å². The minimum Gasteiger partial charge on any atom is -0.497 e. The molecule has 116 valence electrons. The van der Waals surface area contributed by atoms with Crippen molar-refractivity contribution in [2.75, 3.05) is 12.8 Å². The molecule has 0 fully saturated rings. The van der Waals surface area contributed by atoms with Gasteiger partial charge in [-0.05, 0) is 48.4 Å². The van der Waals surface area contributed by atoms with Crippen LogP contribution in [-0.2, 0) is 6.54 Å². The molecular weight excluding hydrogens is 276 g/mol. The Balaban J connectivity index is 1.98. The summed E-state index contributed by atoms with van der Waals surface area (Å²) in [7, 11) is 1.64. The Morgan fingerprint density at radius 2 is 1.77 bits per heavy atom. The molecule has 0 aliphatic carbocycles. The predicted molar refractivity (Wildman–Crippen MR) is 89.1 cm³/mol. The average Bonchev–Trinajstić information content (AvgIpc) is 2.56. The third-order valence-corrected chi connectivity index (χ3v) is 3.63. The largest absolute Gasteiger partial charge is 0.497 e. The topological polar surface area (TPSA) is 64.3 Å². The van der Waals surface area contributed by atoms with Crippen molar-refractivity contribution >= 4 is 11.5 Å². The zero-order valence-electron chi connectivity index (χ0n) is 13.0. The number of Topliss-reactive ketones (excluding diaryl/α,β-unsaturated/α-hetero) is 1. The maximum Gasteiger partial charge on any atom is 0.179 e. The molecule has 1 atom stereocenters. The zero-order valence-corrected chi connectivity index (χ0v) is 13.0. The minimum absolute atomic E-state index is 0.0935. The highest BCUT2D eigenvalue weighted by Crippen LogP contribution is 2.13. The average molecular weight is 298 g/mol. The van der Waals surface area contributed by atoms with Crippen molar-refractivity contribution in [3.63, 3.8) is 0 Å². The molecule has 0 spiro atoms. The second-order valence-electron chi connectivity index (χ2n) is 5.18. The molecule has 0 heterocycles. The Kier molecular flexibility index (Phi) is 5.55. The van der Waals surface area contributed by atoms with Crippen LogP contribution in [0.25, 0.3) is 0 Å². The maximum atomic E-state index is 12.5. The highest BCUT2D eigenvalue weighted by molar-refractivity contribution is 6.00. The molecule has 4 heteroatoms. The lowest BCUT2D eigenvalue weighted by atomic mass is 10.0. The molecule has 2 aromatic rings. The van der Waals surface area contributed by atoms with Gasteiger partial charge < -0.3 is 15.8 Å². The standard InChI is InChI=1S/C18H22N2O2/c1-3-17(18(21)14-6-8-15(19)9-7-14)20-12-13-4-10-16(22-2)11-5-13/h4-11,17,20H,3,12,19H2,1-2H3. The third kappa shape index (κ3) is 4.09. The predicted octanol–water partition coefficient (Wildman–Crippen LogP) is 3.03. The molecule has 0 aromatic heterocycles. The summed E-state index contributed by atoms with van der Waals surface area (Å²) in [6.45, 7) is 2.64. The van der Waals surface area contributed by atoms with Crippen molar-refractivity contribution in [1.82, 2.24) is 5.32 Å². The van der Waals surface area contributed by atoms with Crippen LogP contribution < -0.4 is 15.8 Å². The molecule has 0 radical (unpaired) electrons. The van der Waals surface area contributed by atoms with Gasteiger partial charge in [0.1, 0.15) is 5.75 Å². The van der Waals surface area contributed by atoms with Crippen LogP contribution in [0.1, 0.15) is 29.3 Å². The van der Waals surface area contributed by atoms with E-state index in [2.05, 4.69) is 5.32 Å². The van der Waals surface area contributed by atoms with Crippen LogP contribution in [0.2, 0.25) is 0 Å². The second kappa shape index (κ2) is 7.61. The van der Waals surface area contributed by atoms with E-state index in [-0.39, 0.29) is 11.8 Å². The summed E-state index contributed by atoms with van der Waals surface area (Å²) in [6, 6.07) is 14.7. The van der Waals surface area contributed by atoms with Crippen molar-refractivity contribution in [3.8, 4) is 5.75 Å². The van der Waals surface area contributed by atoms with Crippen molar-refractivity contribution < 1.29 is 9.53 Å². The highest BCUT2D eigenvalue weighted by Gasteiger charge is 2.17. The number of nitrogens with two attached hydrogens (primary N) is 1. The molecule has 0 aliphatic heterocycles. The first-order valence-electron chi connectivity index (χ1n) is 7.40. The Bertz CT molecular complexity index is 606. The van der Waals surface area contributed by atoms with E-state index >= 15 is 0 Å². The summed E-state index contributed by atoms with van der Waals surface area (Å²) < 4.78 is 5.14. The van der Waals surface area contributed by atoms with Gasteiger partial charge in [0, 0.05) is 17.8 Å². The van der Waals surface area contributed by atoms with Crippen LogP contribution in [0, 0.1) is 0 Å². The highest BCUT2D eigenvalue weighted by atomic mass is 16.5. The number of ketones is 1. The van der Waals surface area contributed by atoms with Gasteiger partial charge in [-0.15, -0.1) is 0 Å². The van der Waals surface area contributed by atoms with Crippen LogP contribution in [0.3, 0.4) is 0 Å². The molecule has 2 rings (SSSR count). The Hall–Kier alpha value is -2.33. The Morgan fingerprint density at radius 3 is 2.32 bits per heavy atom. The first-order chi connectivity index (χ1) is 10.6. The van der Waals surface area contributed by atoms with Crippen molar-refractivity contribution in [2.24, 2.45) is 0 Å². The van der Waals surface area contributed by atoms with Crippen LogP contribution >= 0.6 is 0 Å². The third-order valence-electron chi connectivity index (χ3n) is 3.63. The molecule has 0 saturated heterocycles. The number of anilines is 1. The molecular formula is C18H22N2O2. The van der Waals surface area contributed by atoms with Gasteiger partial charge >= 0.3 is 0 Å². The van der Waals surface area contributed by atoms with E-state index in [0.29, 0.717) is 17.8 Å². The van der Waals surface area contributed by atoms with Crippen molar-refractivity contribution in [2.45, 2.75) is 25.9 Å². The molecule has 0 saturated carbocycles. The van der Waals surface area contributed by atoms with E-state index in [0.717, 1.165) is 17.7 Å². The van der Waals surface area contributed by atoms with Crippen LogP contribution in [0.5, 0.6) is 5.75 Å². The zero-order chi connectivity index (χ0) is 15.9. The minimum atomic E-state index is -0.203. The number of hydrogen-bond acceptors (Lipinski definition) is 4. The molecule has 0 amide bonds. The lowest BCUT2D eigenvalue weighted by molar-refractivity contribution is 0.0939. The van der Waals surface area contributed by atoms with Crippen LogP contribution in [-0.4, -0.2) is 18.9 Å². The molecule has 0 bridgehead atoms. The van der Waals surface area contributed by atoms with Gasteiger partial charge in [0.2, 0.25) is 0 Å². The summed E-state index contributed by atoms with van der Waals surface area (Å²) in [5.74, 6) is 0.921. The van der Waals surface area contributed by atoms with Gasteiger partial charge in [-0.3, -0.25) is 4.79 Å². The Morgan fingerprint density at radius 1 is 1.14 bits per heavy atom. The molecule has 0 aliphatic rings. The molecule has 3 N–H and O–H groups in total. The van der Waals surface area contributed by atoms with E-state index < -0.39 is 0 Å². The molecule has 4 nitrogen and oxygen atoms in total. The second-order valence-corrected chi connectivity index (χ2v) is 5.18. The number of methoxy groups -OCH3 is 1. The van der Waals surface area contributed by atoms with E-state index in [9.17, 15) is 4.79 Å². The molecule has 2 aromatic carbocycles. The number of carbonyl (C=O) groups is 1. The van der Waals surface area contributed by atoms with Crippen molar-refractivity contribution in [1.29, 1.82) is 0 Å². The van der Waals surface area contributed by atoms with E-state index in [4.69, 9.17) is 10.5 Å². The van der Waals surface area contributed by atoms with Gasteiger partial charge in [0.05, 0.1) is 13.2 Å². The number of nitrogens with one attached hydrogen (secondary N) is 1. The summed E-state index contributed by atoms with van der Waals surface area (Å²) >= 11 is 0. The number of rotatable bonds is 7. The lowest BCUT2D eigenvalue weighted by Crippen LogP contribution is -2.35. The first-order valence-corrected chi connectivity index (χ1v) is 7.40. The summed E-state index contributed by atoms with van der Waals surface area (Å²) in [6.07, 6.45) is 0.735. The summed E-state index contributed by atoms with van der Waals surface area (Å²) in [5, 5.41) is 3.31. The fourth-order valence-electron chi connectivity index (χ4n) is 2.26. The van der Waals surface area contributed by atoms with Gasteiger partial charge in [-0.2, -0.15) is 0 Å². The van der Waals surface area contributed by atoms with E-state index in [1.54, 1.807) is 31.4 Å². The van der Waals surface area contributed by atoms with Gasteiger partial charge in [0.25, 0.3) is 0 Å². The van der Waals surface area contributed by atoms with Crippen LogP contribution in [0.15, 0.2) is 48.5 Å². The Labute approximate surface area is 131 Å². The fraction of sp³-hybridized carbons (Fsp3) is 0.278. The lowest BCUT2D eigenvalue weighted by Gasteiger charge is -2.16. The number of nitrogen functional groups attached to an aromatic ring is 1. The smallest absolute Gasteiger partial charge is 0.179 e. The van der Waals surface area contributed by atoms with Gasteiger partial charge in [-0.1, -0.05) is 19.1 Å². The quantitative estimate of drug-likeness (QED) is 0.609. The van der Waals surface area contributed by atoms with Gasteiger partial charge in [0.15, 0.2) is 5.78 Å². The summed E-state index contributed by atoms with van der Waals surface area (Å²) in [5.41, 5.74) is 8.12. The number of benzene rings is 2. The first kappa shape index (κ1) is 16.0. The maximum absolute atomic E-state index is 12.5. The van der Waals surface area contributed by atoms with E-state index in [1.807, 2.05) is 31.2 Å². The summed E-state index contributed by atoms with van der Waals surface area (Å²) in [4.78, 5) is 12.5. The molecule has 1 unspecified atom stereocenters. The normalized spacial score (nSPS) is 11.9.